The minimum absolute atomic E-state index is 1.21. The van der Waals surface area contributed by atoms with Gasteiger partial charge in [-0.25, -0.2) is 0 Å². The zero-order valence-electron chi connectivity index (χ0n) is 4.48. The van der Waals surface area contributed by atoms with Gasteiger partial charge in [0, 0.05) is 0 Å². The fourth-order valence-electron chi connectivity index (χ4n) is 0. The van der Waals surface area contributed by atoms with Crippen LogP contribution in [0.4, 0.5) is 0 Å². The van der Waals surface area contributed by atoms with Gasteiger partial charge in [0.1, 0.15) is 0 Å². The first kappa shape index (κ1) is 8.82. The second-order valence-electron chi connectivity index (χ2n) is 1.74. The first-order chi connectivity index (χ1) is 3.43. The normalized spacial score (nSPS) is 20.1. The molecule has 0 saturated carbocycles. The summed E-state index contributed by atoms with van der Waals surface area (Å²) in [4.78, 5) is 9.92. The van der Waals surface area contributed by atoms with Gasteiger partial charge in [0.15, 0.2) is 0 Å². The van der Waals surface area contributed by atoms with Crippen molar-refractivity contribution >= 4 is 0 Å². The van der Waals surface area contributed by atoms with Crippen molar-refractivity contribution in [3.63, 3.8) is 0 Å². The number of rotatable bonds is 1. The summed E-state index contributed by atoms with van der Waals surface area (Å²) in [7, 11) is 0. The predicted octanol–water partition coefficient (Wildman–Crippen LogP) is -3.23. The number of nitrogens with zero attached hydrogens (tertiary/aromatic N) is 1. The number of nitrogens with two attached hydrogens (primary N) is 5. The quantitative estimate of drug-likeness (QED) is 0.178. The van der Waals surface area contributed by atoms with Gasteiger partial charge in [0.25, 0.3) is 0 Å². The summed E-state index contributed by atoms with van der Waals surface area (Å²) < 4.78 is 22.5. The van der Waals surface area contributed by atoms with E-state index in [9.17, 15) is 10.1 Å². The number of nitro groups is 1. The zero-order chi connectivity index (χ0) is 7.99. The summed E-state index contributed by atoms with van der Waals surface area (Å²) in [6.45, 7) is 0. The van der Waals surface area contributed by atoms with Crippen molar-refractivity contribution < 1.29 is 17.5 Å². The standard InChI is InChI=1S/NO2.5H2N.Rh/c2-1-3;;;;;;/h;5*1H2;/q;5*-1;+5. The van der Waals surface area contributed by atoms with Crippen molar-refractivity contribution in [2.75, 3.05) is 0 Å². The van der Waals surface area contributed by atoms with Gasteiger partial charge in [-0.3, -0.25) is 0 Å². The van der Waals surface area contributed by atoms with Crippen LogP contribution in [0.3, 0.4) is 0 Å². The van der Waals surface area contributed by atoms with E-state index >= 15 is 0 Å². The third kappa shape index (κ3) is 2.75. The summed E-state index contributed by atoms with van der Waals surface area (Å²) in [6, 6.07) is 0. The molecule has 0 aliphatic carbocycles. The third-order valence-corrected chi connectivity index (χ3v) is 2.08. The van der Waals surface area contributed by atoms with E-state index < -0.39 is 17.5 Å². The van der Waals surface area contributed by atoms with E-state index in [0.29, 0.717) is 0 Å². The van der Waals surface area contributed by atoms with Crippen LogP contribution in [0, 0.1) is 10.1 Å². The molecule has 9 heavy (non-hydrogen) atoms. The van der Waals surface area contributed by atoms with Crippen molar-refractivity contribution in [1.82, 2.24) is 0 Å². The molecule has 0 fully saturated rings. The Labute approximate surface area is 50.7 Å². The van der Waals surface area contributed by atoms with Crippen LogP contribution in [-0.4, -0.2) is 3.67 Å². The summed E-state index contributed by atoms with van der Waals surface area (Å²) in [6.07, 6.45) is 0. The van der Waals surface area contributed by atoms with Gasteiger partial charge in [0.2, 0.25) is 0 Å². The Morgan fingerprint density at radius 3 is 1.22 bits per heavy atom. The van der Waals surface area contributed by atoms with Crippen molar-refractivity contribution in [2.24, 2.45) is 22.4 Å². The summed E-state index contributed by atoms with van der Waals surface area (Å²) >= 11 is -5.95. The van der Waals surface area contributed by atoms with Crippen molar-refractivity contribution in [3.8, 4) is 0 Å². The fraction of sp³-hybridized carbons (Fsp3) is 0. The van der Waals surface area contributed by atoms with Crippen LogP contribution in [0.25, 0.3) is 0 Å². The molecule has 0 spiro atoms. The van der Waals surface area contributed by atoms with Crippen LogP contribution in [0.2, 0.25) is 0 Å². The van der Waals surface area contributed by atoms with Crippen LogP contribution >= 0.6 is 0 Å². The molecule has 0 saturated heterocycles. The van der Waals surface area contributed by atoms with E-state index in [-0.39, 0.29) is 0 Å². The van der Waals surface area contributed by atoms with Crippen molar-refractivity contribution in [3.05, 3.63) is 10.1 Å². The monoisotopic (exact) mass is 229 g/mol. The van der Waals surface area contributed by atoms with Gasteiger partial charge in [-0.2, -0.15) is 0 Å². The number of hydrogen-bond donors (Lipinski definition) is 5. The summed E-state index contributed by atoms with van der Waals surface area (Å²) in [5.74, 6) is 0. The van der Waals surface area contributed by atoms with Crippen LogP contribution in [0.5, 0.6) is 0 Å². The molecule has 0 rings (SSSR count). The number of hydrogen-bond acceptors (Lipinski definition) is 7. The SMILES string of the molecule is [NH2][Rh]([NH2])([NH2])([NH2])([NH2])[N+](=O)[O-]. The predicted molar refractivity (Wildman–Crippen MR) is 27.9 cm³/mol. The second kappa shape index (κ2) is 1.15. The van der Waals surface area contributed by atoms with Gasteiger partial charge in [-0.15, -0.1) is 0 Å². The molecule has 0 aromatic heterocycles. The van der Waals surface area contributed by atoms with E-state index in [0.717, 1.165) is 0 Å². The molecule has 0 radical (unpaired) electrons. The molecule has 0 atom stereocenters. The Kier molecular flexibility index (Phi) is 1.12. The molecule has 0 unspecified atom stereocenters. The molecule has 0 aromatic carbocycles. The molecule has 0 heterocycles. The van der Waals surface area contributed by atoms with Gasteiger partial charge < -0.3 is 0 Å². The molecule has 0 bridgehead atoms. The molecule has 0 aliphatic heterocycles. The van der Waals surface area contributed by atoms with Crippen molar-refractivity contribution in [2.45, 2.75) is 0 Å². The average molecular weight is 229 g/mol. The average Bonchev–Trinajstić information content (AvgIpc) is 1.24. The van der Waals surface area contributed by atoms with Crippen molar-refractivity contribution in [1.29, 1.82) is 0 Å². The van der Waals surface area contributed by atoms with Gasteiger partial charge >= 0.3 is 50.0 Å². The first-order valence-electron chi connectivity index (χ1n) is 1.48. The van der Waals surface area contributed by atoms with E-state index in [1.165, 1.54) is 0 Å². The van der Waals surface area contributed by atoms with Gasteiger partial charge in [0.05, 0.1) is 0 Å². The van der Waals surface area contributed by atoms with Gasteiger partial charge in [-0.1, -0.05) is 0 Å². The van der Waals surface area contributed by atoms with Crippen LogP contribution < -0.4 is 22.4 Å². The summed E-state index contributed by atoms with van der Waals surface area (Å²) in [5, 5.41) is 9.92. The summed E-state index contributed by atoms with van der Waals surface area (Å²) in [5.41, 5.74) is 0. The fourth-order valence-corrected chi connectivity index (χ4v) is 0. The maximum absolute atomic E-state index is 9.92. The Morgan fingerprint density at radius 2 is 1.22 bits per heavy atom. The molecule has 8 nitrogen and oxygen atoms in total. The van der Waals surface area contributed by atoms with E-state index in [2.05, 4.69) is 0 Å². The van der Waals surface area contributed by atoms with Crippen LogP contribution in [0.1, 0.15) is 0 Å². The Morgan fingerprint density at radius 1 is 1.11 bits per heavy atom. The molecule has 0 aliphatic rings. The first-order valence-corrected chi connectivity index (χ1v) is 6.94. The third-order valence-electron chi connectivity index (χ3n) is 0.351. The topological polar surface area (TPSA) is 173 Å². The Bertz CT molecular complexity index is 147. The van der Waals surface area contributed by atoms with Crippen LogP contribution in [-0.2, 0) is 13.9 Å². The Hall–Kier alpha value is -0.177. The molecule has 0 amide bonds. The maximum atomic E-state index is 9.92. The van der Waals surface area contributed by atoms with E-state index in [1.54, 1.807) is 0 Å². The van der Waals surface area contributed by atoms with E-state index in [4.69, 9.17) is 22.4 Å². The van der Waals surface area contributed by atoms with E-state index in [1.807, 2.05) is 0 Å². The molecule has 10 N–H and O–H groups in total. The van der Waals surface area contributed by atoms with Gasteiger partial charge in [-0.05, 0) is 0 Å². The molecule has 61 valence electrons. The molecule has 0 aromatic rings. The minimum atomic E-state index is -5.95. The molecule has 9 heteroatoms. The second-order valence-corrected chi connectivity index (χ2v) is 9.91. The van der Waals surface area contributed by atoms with Crippen LogP contribution in [0.15, 0.2) is 0 Å². The molecular weight excluding hydrogens is 219 g/mol. The molecular formula is H10N6O2Rh. The Balaban J connectivity index is 5.01. The zero-order valence-corrected chi connectivity index (χ0v) is 6.12.